The van der Waals surface area contributed by atoms with Crippen LogP contribution in [0.15, 0.2) is 30.3 Å². The molecule has 0 aliphatic heterocycles. The van der Waals surface area contributed by atoms with Gasteiger partial charge in [-0.25, -0.2) is 4.98 Å². The zero-order valence-corrected chi connectivity index (χ0v) is 14.0. The number of hydrogen-bond donors (Lipinski definition) is 1. The van der Waals surface area contributed by atoms with Crippen molar-refractivity contribution in [1.29, 1.82) is 0 Å². The lowest BCUT2D eigenvalue weighted by Crippen LogP contribution is -2.06. The Bertz CT molecular complexity index is 521. The van der Waals surface area contributed by atoms with Crippen molar-refractivity contribution in [1.82, 2.24) is 10.3 Å². The molecule has 1 heterocycles. The van der Waals surface area contributed by atoms with E-state index in [1.54, 1.807) is 0 Å². The molecule has 2 nitrogen and oxygen atoms in total. The quantitative estimate of drug-likeness (QED) is 0.819. The maximum absolute atomic E-state index is 4.81. The summed E-state index contributed by atoms with van der Waals surface area (Å²) in [6.07, 6.45) is 0. The smallest absolute Gasteiger partial charge is 0.103 e. The Balaban J connectivity index is 2.16. The fraction of sp³-hybridized carbons (Fsp3) is 0.438. The first-order chi connectivity index (χ1) is 9.70. The lowest BCUT2D eigenvalue weighted by molar-refractivity contribution is 0.750. The Morgan fingerprint density at radius 2 is 2.00 bits per heavy atom. The van der Waals surface area contributed by atoms with Crippen molar-refractivity contribution in [2.45, 2.75) is 26.1 Å². The second-order valence-corrected chi connectivity index (χ2v) is 7.30. The molecule has 2 rings (SSSR count). The lowest BCUT2D eigenvalue weighted by Gasteiger charge is -2.01. The molecule has 1 N–H and O–H groups in total. The molecular weight excluding hydrogens is 284 g/mol. The normalized spacial score (nSPS) is 11.2. The largest absolute Gasteiger partial charge is 0.314 e. The summed E-state index contributed by atoms with van der Waals surface area (Å²) in [4.78, 5) is 6.11. The molecule has 0 spiro atoms. The minimum atomic E-state index is 0.741. The molecule has 0 amide bonds. The van der Waals surface area contributed by atoms with Gasteiger partial charge in [0.25, 0.3) is 0 Å². The van der Waals surface area contributed by atoms with E-state index in [1.807, 2.05) is 30.1 Å². The summed E-state index contributed by atoms with van der Waals surface area (Å²) in [5.41, 5.74) is 2.44. The Kier molecular flexibility index (Phi) is 6.07. The predicted octanol–water partition coefficient (Wildman–Crippen LogP) is 4.42. The minimum Gasteiger partial charge on any atom is -0.314 e. The Hall–Kier alpha value is -0.840. The monoisotopic (exact) mass is 306 g/mol. The average Bonchev–Trinajstić information content (AvgIpc) is 2.83. The Labute approximate surface area is 130 Å². The molecular formula is C16H22N2S2. The van der Waals surface area contributed by atoms with E-state index in [0.29, 0.717) is 0 Å². The number of nitrogens with one attached hydrogen (secondary N) is 1. The minimum absolute atomic E-state index is 0.741. The van der Waals surface area contributed by atoms with Gasteiger partial charge >= 0.3 is 0 Å². The summed E-state index contributed by atoms with van der Waals surface area (Å²) >= 11 is 3.81. The van der Waals surface area contributed by atoms with Crippen LogP contribution in [-0.2, 0) is 12.3 Å². The number of hydrogen-bond acceptors (Lipinski definition) is 4. The molecule has 4 heteroatoms. The third-order valence-corrected chi connectivity index (χ3v) is 5.51. The van der Waals surface area contributed by atoms with Crippen LogP contribution in [0, 0.1) is 5.92 Å². The first kappa shape index (κ1) is 15.5. The topological polar surface area (TPSA) is 24.9 Å². The number of nitrogens with zero attached hydrogens (tertiary/aromatic N) is 1. The van der Waals surface area contributed by atoms with E-state index in [0.717, 1.165) is 18.2 Å². The highest BCUT2D eigenvalue weighted by atomic mass is 32.2. The molecule has 20 heavy (non-hydrogen) atoms. The van der Waals surface area contributed by atoms with Gasteiger partial charge in [-0.1, -0.05) is 44.2 Å². The molecule has 0 saturated carbocycles. The van der Waals surface area contributed by atoms with Crippen LogP contribution in [0.25, 0.3) is 10.4 Å². The Morgan fingerprint density at radius 1 is 1.25 bits per heavy atom. The maximum atomic E-state index is 4.81. The average molecular weight is 306 g/mol. The van der Waals surface area contributed by atoms with Gasteiger partial charge in [0.05, 0.1) is 10.6 Å². The zero-order chi connectivity index (χ0) is 14.4. The molecule has 0 radical (unpaired) electrons. The van der Waals surface area contributed by atoms with Crippen LogP contribution in [0.5, 0.6) is 0 Å². The van der Waals surface area contributed by atoms with Gasteiger partial charge in [0.1, 0.15) is 5.01 Å². The molecule has 108 valence electrons. The van der Waals surface area contributed by atoms with Crippen molar-refractivity contribution in [3.8, 4) is 10.4 Å². The highest BCUT2D eigenvalue weighted by Gasteiger charge is 2.12. The predicted molar refractivity (Wildman–Crippen MR) is 91.3 cm³/mol. The van der Waals surface area contributed by atoms with Crippen LogP contribution < -0.4 is 5.32 Å². The van der Waals surface area contributed by atoms with E-state index < -0.39 is 0 Å². The Morgan fingerprint density at radius 3 is 2.65 bits per heavy atom. The van der Waals surface area contributed by atoms with Crippen LogP contribution in [0.3, 0.4) is 0 Å². The number of aromatic nitrogens is 1. The van der Waals surface area contributed by atoms with Crippen molar-refractivity contribution in [2.24, 2.45) is 5.92 Å². The number of thiazole rings is 1. The van der Waals surface area contributed by atoms with Gasteiger partial charge in [-0.3, -0.25) is 0 Å². The van der Waals surface area contributed by atoms with E-state index >= 15 is 0 Å². The summed E-state index contributed by atoms with van der Waals surface area (Å²) in [7, 11) is 1.97. The summed E-state index contributed by atoms with van der Waals surface area (Å²) < 4.78 is 0. The van der Waals surface area contributed by atoms with E-state index in [-0.39, 0.29) is 0 Å². The zero-order valence-electron chi connectivity index (χ0n) is 12.3. The van der Waals surface area contributed by atoms with E-state index in [2.05, 4.69) is 49.5 Å². The second-order valence-electron chi connectivity index (χ2n) is 5.19. The fourth-order valence-electron chi connectivity index (χ4n) is 1.95. The number of thioether (sulfide) groups is 1. The van der Waals surface area contributed by atoms with E-state index in [4.69, 9.17) is 4.98 Å². The molecule has 0 unspecified atom stereocenters. The number of rotatable bonds is 7. The van der Waals surface area contributed by atoms with Crippen molar-refractivity contribution < 1.29 is 0 Å². The highest BCUT2D eigenvalue weighted by Crippen LogP contribution is 2.32. The van der Waals surface area contributed by atoms with Gasteiger partial charge in [-0.15, -0.1) is 11.3 Å². The van der Waals surface area contributed by atoms with Crippen LogP contribution in [0.4, 0.5) is 0 Å². The molecule has 0 atom stereocenters. The molecule has 0 aliphatic carbocycles. The second kappa shape index (κ2) is 7.81. The number of benzene rings is 1. The fourth-order valence-corrected chi connectivity index (χ4v) is 4.14. The van der Waals surface area contributed by atoms with Crippen molar-refractivity contribution >= 4 is 23.1 Å². The third kappa shape index (κ3) is 4.33. The van der Waals surface area contributed by atoms with Crippen LogP contribution in [0.1, 0.15) is 24.5 Å². The third-order valence-electron chi connectivity index (χ3n) is 2.80. The van der Waals surface area contributed by atoms with Crippen molar-refractivity contribution in [3.63, 3.8) is 0 Å². The van der Waals surface area contributed by atoms with Gasteiger partial charge in [0.15, 0.2) is 0 Å². The molecule has 1 aromatic carbocycles. The standard InChI is InChI=1S/C16H22N2S2/c1-12(2)10-19-11-15-18-14(9-17-3)16(20-15)13-7-5-4-6-8-13/h4-8,12,17H,9-11H2,1-3H3. The summed E-state index contributed by atoms with van der Waals surface area (Å²) in [6, 6.07) is 10.6. The molecule has 0 saturated heterocycles. The lowest BCUT2D eigenvalue weighted by atomic mass is 10.1. The SMILES string of the molecule is CNCc1nc(CSCC(C)C)sc1-c1ccccc1. The van der Waals surface area contributed by atoms with Gasteiger partial charge in [-0.05, 0) is 24.3 Å². The van der Waals surface area contributed by atoms with Crippen LogP contribution in [-0.4, -0.2) is 17.8 Å². The first-order valence-electron chi connectivity index (χ1n) is 6.97. The molecule has 2 aromatic rings. The summed E-state index contributed by atoms with van der Waals surface area (Å²) in [6.45, 7) is 5.35. The summed E-state index contributed by atoms with van der Waals surface area (Å²) in [5.74, 6) is 2.96. The maximum Gasteiger partial charge on any atom is 0.103 e. The summed E-state index contributed by atoms with van der Waals surface area (Å²) in [5, 5.41) is 4.46. The first-order valence-corrected chi connectivity index (χ1v) is 8.94. The molecule has 0 aliphatic rings. The van der Waals surface area contributed by atoms with Gasteiger partial charge in [-0.2, -0.15) is 11.8 Å². The van der Waals surface area contributed by atoms with Crippen LogP contribution in [0.2, 0.25) is 0 Å². The molecule has 0 fully saturated rings. The van der Waals surface area contributed by atoms with Crippen LogP contribution >= 0.6 is 23.1 Å². The van der Waals surface area contributed by atoms with Gasteiger partial charge < -0.3 is 5.32 Å². The van der Waals surface area contributed by atoms with Crippen molar-refractivity contribution in [3.05, 3.63) is 41.0 Å². The van der Waals surface area contributed by atoms with E-state index in [9.17, 15) is 0 Å². The van der Waals surface area contributed by atoms with Gasteiger partial charge in [0.2, 0.25) is 0 Å². The van der Waals surface area contributed by atoms with E-state index in [1.165, 1.54) is 26.9 Å². The van der Waals surface area contributed by atoms with Gasteiger partial charge in [0, 0.05) is 12.3 Å². The highest BCUT2D eigenvalue weighted by molar-refractivity contribution is 7.98. The molecule has 1 aromatic heterocycles. The van der Waals surface area contributed by atoms with Crippen molar-refractivity contribution in [2.75, 3.05) is 12.8 Å². The molecule has 0 bridgehead atoms.